The molecule has 0 spiro atoms. The first-order chi connectivity index (χ1) is 8.33. The second-order valence-corrected chi connectivity index (χ2v) is 5.75. The minimum atomic E-state index is -2.52. The predicted molar refractivity (Wildman–Crippen MR) is 69.8 cm³/mol. The molecule has 1 rings (SSSR count). The molecule has 1 aromatic carbocycles. The average Bonchev–Trinajstić information content (AvgIpc) is 2.29. The summed E-state index contributed by atoms with van der Waals surface area (Å²) in [6.45, 7) is 3.00. The zero-order chi connectivity index (χ0) is 13.8. The van der Waals surface area contributed by atoms with Crippen LogP contribution in [0.25, 0.3) is 0 Å². The molecule has 0 bridgehead atoms. The molecule has 0 aliphatic rings. The molecule has 0 N–H and O–H groups in total. The Balaban J connectivity index is 2.82. The Morgan fingerprint density at radius 3 is 2.56 bits per heavy atom. The maximum Gasteiger partial charge on any atom is 0.318 e. The molecule has 5 nitrogen and oxygen atoms in total. The van der Waals surface area contributed by atoms with Crippen LogP contribution in [0.4, 0.5) is 0 Å². The van der Waals surface area contributed by atoms with Gasteiger partial charge in [-0.2, -0.15) is 12.8 Å². The van der Waals surface area contributed by atoms with Gasteiger partial charge in [-0.1, -0.05) is 12.1 Å². The Kier molecular flexibility index (Phi) is 5.03. The molecule has 0 aliphatic heterocycles. The summed E-state index contributed by atoms with van der Waals surface area (Å²) in [5.74, 6) is -0.151. The van der Waals surface area contributed by atoms with Gasteiger partial charge in [-0.05, 0) is 41.9 Å². The van der Waals surface area contributed by atoms with Crippen LogP contribution in [0.15, 0.2) is 33.1 Å². The number of rotatable bonds is 4. The molecule has 0 saturated heterocycles. The summed E-state index contributed by atoms with van der Waals surface area (Å²) in [5, 5.41) is 0. The molecule has 0 aliphatic carbocycles. The molecule has 0 atom stereocenters. The fourth-order valence-corrected chi connectivity index (χ4v) is 1.84. The van der Waals surface area contributed by atoms with E-state index < -0.39 is 21.9 Å². The van der Waals surface area contributed by atoms with Crippen molar-refractivity contribution in [1.29, 1.82) is 0 Å². The van der Waals surface area contributed by atoms with Gasteiger partial charge in [-0.25, -0.2) is 0 Å². The number of nitrogens with zero attached hydrogens (tertiary/aromatic N) is 1. The van der Waals surface area contributed by atoms with Crippen molar-refractivity contribution in [2.45, 2.75) is 13.8 Å². The highest BCUT2D eigenvalue weighted by atomic mass is 79.9. The van der Waals surface area contributed by atoms with Crippen molar-refractivity contribution in [2.24, 2.45) is 9.78 Å². The Morgan fingerprint density at radius 2 is 2.00 bits per heavy atom. The first kappa shape index (κ1) is 14.8. The van der Waals surface area contributed by atoms with Gasteiger partial charge >= 0.3 is 16.5 Å². The van der Waals surface area contributed by atoms with Gasteiger partial charge in [0.2, 0.25) is 0 Å². The largest absolute Gasteiger partial charge is 0.425 e. The zero-order valence-electron chi connectivity index (χ0n) is 9.88. The van der Waals surface area contributed by atoms with Crippen LogP contribution in [0.3, 0.4) is 0 Å². The molecule has 0 saturated carbocycles. The lowest BCUT2D eigenvalue weighted by atomic mass is 9.94. The quantitative estimate of drug-likeness (QED) is 0.626. The predicted octanol–water partition coefficient (Wildman–Crippen LogP) is 2.44. The van der Waals surface area contributed by atoms with Crippen molar-refractivity contribution < 1.29 is 17.9 Å². The number of hydrogen-bond donors (Lipinski definition) is 0. The van der Waals surface area contributed by atoms with Crippen molar-refractivity contribution in [3.05, 3.63) is 28.7 Å². The molecule has 98 valence electrons. The number of ether oxygens (including phenoxy) is 1. The van der Waals surface area contributed by atoms with E-state index in [4.69, 9.17) is 4.74 Å². The van der Waals surface area contributed by atoms with E-state index in [0.717, 1.165) is 0 Å². The Hall–Kier alpha value is -1.21. The van der Waals surface area contributed by atoms with Crippen LogP contribution in [0.5, 0.6) is 5.75 Å². The maximum atomic E-state index is 11.9. The molecule has 0 unspecified atom stereocenters. The first-order valence-corrected chi connectivity index (χ1v) is 6.89. The molecule has 0 aromatic heterocycles. The number of benzene rings is 1. The van der Waals surface area contributed by atoms with Gasteiger partial charge in [0, 0.05) is 0 Å². The third-order valence-electron chi connectivity index (χ3n) is 2.16. The molecule has 1 aromatic rings. The molecule has 0 radical (unpaired) electrons. The molecular formula is C11H12BrNO4S. The van der Waals surface area contributed by atoms with E-state index in [1.165, 1.54) is 0 Å². The summed E-state index contributed by atoms with van der Waals surface area (Å²) in [4.78, 5) is 11.9. The molecule has 18 heavy (non-hydrogen) atoms. The van der Waals surface area contributed by atoms with E-state index in [1.807, 2.05) is 0 Å². The Morgan fingerprint density at radius 1 is 1.39 bits per heavy atom. The molecule has 0 amide bonds. The molecule has 7 heteroatoms. The van der Waals surface area contributed by atoms with Crippen molar-refractivity contribution in [3.63, 3.8) is 0 Å². The lowest BCUT2D eigenvalue weighted by Crippen LogP contribution is -2.31. The van der Waals surface area contributed by atoms with E-state index in [2.05, 4.69) is 20.3 Å². The SMILES string of the molecule is CC(C)(CN=S(=O)=O)C(=O)Oc1ccccc1Br. The van der Waals surface area contributed by atoms with Crippen molar-refractivity contribution >= 4 is 32.4 Å². The third kappa shape index (κ3) is 4.23. The van der Waals surface area contributed by atoms with Gasteiger partial charge in [0.05, 0.1) is 16.4 Å². The summed E-state index contributed by atoms with van der Waals surface area (Å²) in [6.07, 6.45) is 0. The highest BCUT2D eigenvalue weighted by Crippen LogP contribution is 2.27. The number of carbonyl (C=O) groups excluding carboxylic acids is 1. The number of esters is 1. The van der Waals surface area contributed by atoms with E-state index >= 15 is 0 Å². The second kappa shape index (κ2) is 6.10. The highest BCUT2D eigenvalue weighted by Gasteiger charge is 2.30. The van der Waals surface area contributed by atoms with Gasteiger partial charge in [0.15, 0.2) is 0 Å². The molecular weight excluding hydrogens is 322 g/mol. The van der Waals surface area contributed by atoms with E-state index in [9.17, 15) is 13.2 Å². The molecule has 0 fully saturated rings. The summed E-state index contributed by atoms with van der Waals surface area (Å²) < 4.78 is 29.8. The fourth-order valence-electron chi connectivity index (χ4n) is 1.04. The van der Waals surface area contributed by atoms with Crippen molar-refractivity contribution in [1.82, 2.24) is 0 Å². The van der Waals surface area contributed by atoms with Gasteiger partial charge in [-0.15, -0.1) is 0 Å². The minimum absolute atomic E-state index is 0.146. The van der Waals surface area contributed by atoms with Crippen molar-refractivity contribution in [3.8, 4) is 5.75 Å². The smallest absolute Gasteiger partial charge is 0.318 e. The van der Waals surface area contributed by atoms with E-state index in [-0.39, 0.29) is 6.54 Å². The summed E-state index contributed by atoms with van der Waals surface area (Å²) in [5.41, 5.74) is -1.00. The maximum absolute atomic E-state index is 11.9. The summed E-state index contributed by atoms with van der Waals surface area (Å²) >= 11 is 3.25. The Bertz CT molecular complexity index is 572. The van der Waals surface area contributed by atoms with Crippen LogP contribution < -0.4 is 4.74 Å². The van der Waals surface area contributed by atoms with Gasteiger partial charge in [0.25, 0.3) is 0 Å². The van der Waals surface area contributed by atoms with Gasteiger partial charge in [-0.3, -0.25) is 4.79 Å². The Labute approximate surface area is 115 Å². The number of carbonyl (C=O) groups is 1. The normalized spacial score (nSPS) is 10.8. The average molecular weight is 334 g/mol. The van der Waals surface area contributed by atoms with Gasteiger partial charge in [0.1, 0.15) is 5.75 Å². The first-order valence-electron chi connectivity index (χ1n) is 5.06. The summed E-state index contributed by atoms with van der Waals surface area (Å²) in [7, 11) is -2.52. The van der Waals surface area contributed by atoms with Crippen molar-refractivity contribution in [2.75, 3.05) is 6.54 Å². The van der Waals surface area contributed by atoms with Crippen LogP contribution in [0.2, 0.25) is 0 Å². The number of hydrogen-bond acceptors (Lipinski definition) is 5. The monoisotopic (exact) mass is 333 g/mol. The van der Waals surface area contributed by atoms with E-state index in [0.29, 0.717) is 10.2 Å². The fraction of sp³-hybridized carbons (Fsp3) is 0.364. The lowest BCUT2D eigenvalue weighted by molar-refractivity contribution is -0.143. The standard InChI is InChI=1S/C11H12BrNO4S/c1-11(2,7-13-18(15)16)10(14)17-9-6-4-3-5-8(9)12/h3-6H,7H2,1-2H3. The van der Waals surface area contributed by atoms with Crippen LogP contribution >= 0.6 is 15.9 Å². The van der Waals surface area contributed by atoms with Gasteiger partial charge < -0.3 is 4.74 Å². The van der Waals surface area contributed by atoms with Crippen LogP contribution in [-0.2, 0) is 15.3 Å². The van der Waals surface area contributed by atoms with Crippen LogP contribution in [-0.4, -0.2) is 20.9 Å². The minimum Gasteiger partial charge on any atom is -0.425 e. The number of halogens is 1. The molecule has 0 heterocycles. The number of para-hydroxylation sites is 1. The van der Waals surface area contributed by atoms with E-state index in [1.54, 1.807) is 38.1 Å². The highest BCUT2D eigenvalue weighted by molar-refractivity contribution is 9.10. The third-order valence-corrected chi connectivity index (χ3v) is 3.15. The topological polar surface area (TPSA) is 72.8 Å². The zero-order valence-corrected chi connectivity index (χ0v) is 12.3. The lowest BCUT2D eigenvalue weighted by Gasteiger charge is -2.19. The van der Waals surface area contributed by atoms with Crippen LogP contribution in [0.1, 0.15) is 13.8 Å². The van der Waals surface area contributed by atoms with Crippen LogP contribution in [0, 0.1) is 5.41 Å². The second-order valence-electron chi connectivity index (χ2n) is 4.21. The summed E-state index contributed by atoms with van der Waals surface area (Å²) in [6, 6.07) is 6.91.